The van der Waals surface area contributed by atoms with Crippen LogP contribution in [0.1, 0.15) is 31.9 Å². The van der Waals surface area contributed by atoms with Gasteiger partial charge in [-0.15, -0.1) is 0 Å². The van der Waals surface area contributed by atoms with Crippen LogP contribution in [0.5, 0.6) is 0 Å². The quantitative estimate of drug-likeness (QED) is 0.666. The lowest BCUT2D eigenvalue weighted by atomic mass is 9.91. The number of carbonyl (C=O) groups excluding carboxylic acids is 3. The number of aryl methyl sites for hydroxylation is 1. The first-order valence-corrected chi connectivity index (χ1v) is 8.30. The molecule has 1 aromatic carbocycles. The number of aliphatic hydroxyl groups is 1. The van der Waals surface area contributed by atoms with E-state index in [1.165, 1.54) is 0 Å². The summed E-state index contributed by atoms with van der Waals surface area (Å²) in [5.74, 6) is -1.02. The van der Waals surface area contributed by atoms with E-state index in [9.17, 15) is 14.4 Å². The van der Waals surface area contributed by atoms with E-state index >= 15 is 0 Å². The monoisotopic (exact) mass is 347 g/mol. The number of nitrogens with one attached hydrogen (secondary N) is 2. The lowest BCUT2D eigenvalue weighted by Gasteiger charge is -2.23. The van der Waals surface area contributed by atoms with Crippen LogP contribution < -0.4 is 10.6 Å². The Hall–Kier alpha value is -2.41. The summed E-state index contributed by atoms with van der Waals surface area (Å²) in [5, 5.41) is 14.5. The van der Waals surface area contributed by atoms with Crippen LogP contribution in [-0.4, -0.2) is 47.0 Å². The number of urea groups is 1. The molecule has 4 amide bonds. The number of hydrogen-bond acceptors (Lipinski definition) is 4. The van der Waals surface area contributed by atoms with Crippen LogP contribution >= 0.6 is 0 Å². The lowest BCUT2D eigenvalue weighted by molar-refractivity contribution is -0.135. The van der Waals surface area contributed by atoms with Crippen LogP contribution in [0.3, 0.4) is 0 Å². The number of rotatable bonds is 6. The van der Waals surface area contributed by atoms with Crippen LogP contribution in [0.2, 0.25) is 0 Å². The highest BCUT2D eigenvalue weighted by Crippen LogP contribution is 2.28. The molecule has 25 heavy (non-hydrogen) atoms. The standard InChI is InChI=1S/C18H25N3O4/c1-11-5-7-14(8-6-11)18(4)16(24)21(17(25)20-18)9-15(23)19-13(3)12(2)10-22/h5-8,12-13,22H,9-10H2,1-4H3,(H,19,23)(H,20,25)/t12-,13+,18-/m0/s1. The van der Waals surface area contributed by atoms with Gasteiger partial charge >= 0.3 is 6.03 Å². The van der Waals surface area contributed by atoms with E-state index in [1.54, 1.807) is 32.9 Å². The molecule has 1 fully saturated rings. The maximum atomic E-state index is 12.8. The third-order valence-corrected chi connectivity index (χ3v) is 4.74. The largest absolute Gasteiger partial charge is 0.396 e. The highest BCUT2D eigenvalue weighted by Gasteiger charge is 2.49. The maximum Gasteiger partial charge on any atom is 0.325 e. The zero-order valence-electron chi connectivity index (χ0n) is 15.0. The fourth-order valence-corrected chi connectivity index (χ4v) is 2.67. The van der Waals surface area contributed by atoms with Gasteiger partial charge in [0, 0.05) is 12.6 Å². The third kappa shape index (κ3) is 3.82. The van der Waals surface area contributed by atoms with E-state index < -0.39 is 23.4 Å². The van der Waals surface area contributed by atoms with Crippen molar-refractivity contribution >= 4 is 17.8 Å². The Bertz CT molecular complexity index is 673. The van der Waals surface area contributed by atoms with Crippen molar-refractivity contribution in [2.45, 2.75) is 39.3 Å². The smallest absolute Gasteiger partial charge is 0.325 e. The highest BCUT2D eigenvalue weighted by atomic mass is 16.3. The molecule has 0 aromatic heterocycles. The molecule has 1 aromatic rings. The molecule has 0 radical (unpaired) electrons. The number of imide groups is 1. The van der Waals surface area contributed by atoms with Crippen molar-refractivity contribution in [1.29, 1.82) is 0 Å². The Morgan fingerprint density at radius 1 is 1.28 bits per heavy atom. The molecule has 136 valence electrons. The average molecular weight is 347 g/mol. The Morgan fingerprint density at radius 2 is 1.88 bits per heavy atom. The fraction of sp³-hybridized carbons (Fsp3) is 0.500. The van der Waals surface area contributed by atoms with Crippen molar-refractivity contribution in [3.05, 3.63) is 35.4 Å². The van der Waals surface area contributed by atoms with Crippen LogP contribution in [-0.2, 0) is 15.1 Å². The van der Waals surface area contributed by atoms with Gasteiger partial charge in [0.1, 0.15) is 12.1 Å². The van der Waals surface area contributed by atoms with E-state index in [0.29, 0.717) is 5.56 Å². The molecule has 0 saturated carbocycles. The van der Waals surface area contributed by atoms with Gasteiger partial charge in [-0.05, 0) is 32.3 Å². The van der Waals surface area contributed by atoms with Gasteiger partial charge < -0.3 is 15.7 Å². The van der Waals surface area contributed by atoms with Crippen molar-refractivity contribution in [3.8, 4) is 0 Å². The van der Waals surface area contributed by atoms with E-state index in [0.717, 1.165) is 10.5 Å². The Kier molecular flexibility index (Phi) is 5.47. The minimum atomic E-state index is -1.19. The molecule has 1 saturated heterocycles. The first-order valence-electron chi connectivity index (χ1n) is 8.30. The zero-order chi connectivity index (χ0) is 18.8. The molecule has 3 N–H and O–H groups in total. The second-order valence-electron chi connectivity index (χ2n) is 6.83. The zero-order valence-corrected chi connectivity index (χ0v) is 15.0. The van der Waals surface area contributed by atoms with Crippen LogP contribution in [0.4, 0.5) is 4.79 Å². The summed E-state index contributed by atoms with van der Waals surface area (Å²) in [5.41, 5.74) is 0.531. The third-order valence-electron chi connectivity index (χ3n) is 4.74. The topological polar surface area (TPSA) is 98.7 Å². The van der Waals surface area contributed by atoms with Gasteiger partial charge in [-0.2, -0.15) is 0 Å². The van der Waals surface area contributed by atoms with Gasteiger partial charge in [-0.25, -0.2) is 4.79 Å². The molecule has 1 aliphatic rings. The van der Waals surface area contributed by atoms with Crippen LogP contribution in [0.25, 0.3) is 0 Å². The Labute approximate surface area is 147 Å². The molecule has 0 bridgehead atoms. The Morgan fingerprint density at radius 3 is 2.44 bits per heavy atom. The van der Waals surface area contributed by atoms with Crippen molar-refractivity contribution < 1.29 is 19.5 Å². The number of benzene rings is 1. The number of hydrogen-bond donors (Lipinski definition) is 3. The maximum absolute atomic E-state index is 12.8. The van der Waals surface area contributed by atoms with Gasteiger partial charge in [0.05, 0.1) is 0 Å². The molecule has 1 aliphatic heterocycles. The summed E-state index contributed by atoms with van der Waals surface area (Å²) in [6.07, 6.45) is 0. The second-order valence-corrected chi connectivity index (χ2v) is 6.83. The summed E-state index contributed by atoms with van der Waals surface area (Å²) in [4.78, 5) is 38.1. The van der Waals surface area contributed by atoms with Crippen molar-refractivity contribution in [2.24, 2.45) is 5.92 Å². The van der Waals surface area contributed by atoms with Crippen molar-refractivity contribution in [2.75, 3.05) is 13.2 Å². The van der Waals surface area contributed by atoms with E-state index in [-0.39, 0.29) is 25.1 Å². The first-order chi connectivity index (χ1) is 11.7. The number of carbonyl (C=O) groups is 3. The van der Waals surface area contributed by atoms with Gasteiger partial charge in [0.2, 0.25) is 5.91 Å². The Balaban J connectivity index is 2.10. The number of aliphatic hydroxyl groups excluding tert-OH is 1. The molecular formula is C18H25N3O4. The molecule has 1 heterocycles. The van der Waals surface area contributed by atoms with Crippen LogP contribution in [0.15, 0.2) is 24.3 Å². The normalized spacial score (nSPS) is 22.5. The molecule has 7 heteroatoms. The fourth-order valence-electron chi connectivity index (χ4n) is 2.67. The minimum absolute atomic E-state index is 0.0595. The lowest BCUT2D eigenvalue weighted by Crippen LogP contribution is -2.46. The van der Waals surface area contributed by atoms with Crippen LogP contribution in [0, 0.1) is 12.8 Å². The summed E-state index contributed by atoms with van der Waals surface area (Å²) in [7, 11) is 0. The molecule has 7 nitrogen and oxygen atoms in total. The van der Waals surface area contributed by atoms with E-state index in [1.807, 2.05) is 19.1 Å². The first kappa shape index (κ1) is 18.9. The predicted octanol–water partition coefficient (Wildman–Crippen LogP) is 0.895. The molecule has 0 spiro atoms. The second kappa shape index (κ2) is 7.23. The van der Waals surface area contributed by atoms with Gasteiger partial charge in [-0.3, -0.25) is 14.5 Å². The number of amides is 4. The summed E-state index contributed by atoms with van der Waals surface area (Å²) in [6.45, 7) is 6.72. The molecule has 0 aliphatic carbocycles. The van der Waals surface area contributed by atoms with Gasteiger partial charge in [-0.1, -0.05) is 36.8 Å². The molecular weight excluding hydrogens is 322 g/mol. The SMILES string of the molecule is Cc1ccc([C@]2(C)NC(=O)N(CC(=O)N[C@H](C)[C@@H](C)CO)C2=O)cc1. The predicted molar refractivity (Wildman–Crippen MR) is 92.6 cm³/mol. The molecule has 3 atom stereocenters. The summed E-state index contributed by atoms with van der Waals surface area (Å²) >= 11 is 0. The van der Waals surface area contributed by atoms with Gasteiger partial charge in [0.25, 0.3) is 5.91 Å². The highest BCUT2D eigenvalue weighted by molar-refractivity contribution is 6.09. The average Bonchev–Trinajstić information content (AvgIpc) is 2.78. The van der Waals surface area contributed by atoms with Gasteiger partial charge in [0.15, 0.2) is 0 Å². The minimum Gasteiger partial charge on any atom is -0.396 e. The summed E-state index contributed by atoms with van der Waals surface area (Å²) < 4.78 is 0. The van der Waals surface area contributed by atoms with E-state index in [2.05, 4.69) is 10.6 Å². The molecule has 0 unspecified atom stereocenters. The molecule has 2 rings (SSSR count). The summed E-state index contributed by atoms with van der Waals surface area (Å²) in [6, 6.07) is 6.47. The van der Waals surface area contributed by atoms with Crippen molar-refractivity contribution in [1.82, 2.24) is 15.5 Å². The van der Waals surface area contributed by atoms with Crippen molar-refractivity contribution in [3.63, 3.8) is 0 Å². The van der Waals surface area contributed by atoms with E-state index in [4.69, 9.17) is 5.11 Å². The number of nitrogens with zero attached hydrogens (tertiary/aromatic N) is 1.